The van der Waals surface area contributed by atoms with Gasteiger partial charge in [0.25, 0.3) is 5.91 Å². The van der Waals surface area contributed by atoms with Crippen LogP contribution in [0.2, 0.25) is 0 Å². The molecule has 1 atom stereocenters. The fourth-order valence-corrected chi connectivity index (χ4v) is 2.47. The van der Waals surface area contributed by atoms with Gasteiger partial charge in [0, 0.05) is 30.8 Å². The second kappa shape index (κ2) is 6.43. The molecule has 3 rings (SSSR count). The molecule has 6 heteroatoms. The first-order valence-corrected chi connectivity index (χ1v) is 7.14. The number of hydrogen-bond donors (Lipinski definition) is 0. The molecule has 0 N–H and O–H groups in total. The van der Waals surface area contributed by atoms with Crippen LogP contribution in [0.5, 0.6) is 11.6 Å². The lowest BCUT2D eigenvalue weighted by atomic mass is 10.2. The van der Waals surface area contributed by atoms with Crippen LogP contribution in [-0.2, 0) is 0 Å². The number of aromatic nitrogens is 2. The van der Waals surface area contributed by atoms with Crippen LogP contribution in [0, 0.1) is 0 Å². The van der Waals surface area contributed by atoms with E-state index in [2.05, 4.69) is 10.2 Å². The highest BCUT2D eigenvalue weighted by atomic mass is 16.5. The van der Waals surface area contributed by atoms with Gasteiger partial charge >= 0.3 is 0 Å². The van der Waals surface area contributed by atoms with Gasteiger partial charge in [-0.1, -0.05) is 6.07 Å². The molecule has 0 bridgehead atoms. The number of nitrogens with zero attached hydrogens (tertiary/aromatic N) is 3. The molecular weight excluding hydrogens is 282 g/mol. The molecule has 6 nitrogen and oxygen atoms in total. The van der Waals surface area contributed by atoms with Gasteiger partial charge in [-0.2, -0.15) is 5.10 Å². The summed E-state index contributed by atoms with van der Waals surface area (Å²) < 4.78 is 10.9. The molecule has 1 fully saturated rings. The Hall–Kier alpha value is -2.63. The first kappa shape index (κ1) is 14.3. The van der Waals surface area contributed by atoms with Crippen LogP contribution < -0.4 is 9.47 Å². The van der Waals surface area contributed by atoms with Gasteiger partial charge in [0.05, 0.1) is 13.7 Å². The first-order valence-electron chi connectivity index (χ1n) is 7.14. The summed E-state index contributed by atoms with van der Waals surface area (Å²) in [6, 6.07) is 10.7. The Balaban J connectivity index is 1.63. The van der Waals surface area contributed by atoms with E-state index in [4.69, 9.17) is 9.47 Å². The Morgan fingerprint density at radius 2 is 2.23 bits per heavy atom. The van der Waals surface area contributed by atoms with Gasteiger partial charge in [0.15, 0.2) is 0 Å². The van der Waals surface area contributed by atoms with Crippen LogP contribution in [0.15, 0.2) is 42.6 Å². The molecule has 114 valence electrons. The highest BCUT2D eigenvalue weighted by Crippen LogP contribution is 2.20. The van der Waals surface area contributed by atoms with Crippen LogP contribution in [0.3, 0.4) is 0 Å². The van der Waals surface area contributed by atoms with Crippen molar-refractivity contribution < 1.29 is 14.3 Å². The molecule has 2 aromatic rings. The normalized spacial score (nSPS) is 17.3. The molecule has 2 heterocycles. The standard InChI is InChI=1S/C16H17N3O3/c1-21-13-5-2-4-12(10-13)16(20)19-9-7-14(11-19)22-15-6-3-8-17-18-15/h2-6,8,10,14H,7,9,11H2,1H3. The second-order valence-electron chi connectivity index (χ2n) is 5.07. The molecule has 1 aliphatic heterocycles. The van der Waals surface area contributed by atoms with E-state index in [0.717, 1.165) is 6.42 Å². The molecule has 1 aromatic carbocycles. The van der Waals surface area contributed by atoms with Crippen molar-refractivity contribution in [2.45, 2.75) is 12.5 Å². The maximum Gasteiger partial charge on any atom is 0.254 e. The topological polar surface area (TPSA) is 64.5 Å². The predicted molar refractivity (Wildman–Crippen MR) is 80.0 cm³/mol. The van der Waals surface area contributed by atoms with E-state index in [-0.39, 0.29) is 12.0 Å². The molecule has 1 unspecified atom stereocenters. The zero-order chi connectivity index (χ0) is 15.4. The highest BCUT2D eigenvalue weighted by molar-refractivity contribution is 5.94. The number of benzene rings is 1. The Bertz CT molecular complexity index is 648. The first-order chi connectivity index (χ1) is 10.8. The number of rotatable bonds is 4. The number of amides is 1. The minimum absolute atomic E-state index is 0.0101. The van der Waals surface area contributed by atoms with Gasteiger partial charge in [0.1, 0.15) is 11.9 Å². The van der Waals surface area contributed by atoms with E-state index >= 15 is 0 Å². The summed E-state index contributed by atoms with van der Waals surface area (Å²) in [5, 5.41) is 7.68. The third-order valence-corrected chi connectivity index (χ3v) is 3.58. The quantitative estimate of drug-likeness (QED) is 0.861. The number of carbonyl (C=O) groups is 1. The number of ether oxygens (including phenoxy) is 2. The Morgan fingerprint density at radius 1 is 1.32 bits per heavy atom. The summed E-state index contributed by atoms with van der Waals surface area (Å²) in [6.07, 6.45) is 2.33. The summed E-state index contributed by atoms with van der Waals surface area (Å²) in [6.45, 7) is 1.22. The molecule has 1 aromatic heterocycles. The van der Waals surface area contributed by atoms with Crippen molar-refractivity contribution in [1.29, 1.82) is 0 Å². The van der Waals surface area contributed by atoms with Gasteiger partial charge in [-0.15, -0.1) is 5.10 Å². The van der Waals surface area contributed by atoms with Gasteiger partial charge in [0.2, 0.25) is 5.88 Å². The highest BCUT2D eigenvalue weighted by Gasteiger charge is 2.28. The molecule has 0 radical (unpaired) electrons. The molecule has 0 spiro atoms. The van der Waals surface area contributed by atoms with E-state index in [1.807, 2.05) is 12.1 Å². The van der Waals surface area contributed by atoms with E-state index < -0.39 is 0 Å². The monoisotopic (exact) mass is 299 g/mol. The lowest BCUT2D eigenvalue weighted by Crippen LogP contribution is -2.31. The molecule has 1 amide bonds. The average molecular weight is 299 g/mol. The van der Waals surface area contributed by atoms with Crippen LogP contribution in [0.1, 0.15) is 16.8 Å². The van der Waals surface area contributed by atoms with E-state index in [0.29, 0.717) is 30.3 Å². The summed E-state index contributed by atoms with van der Waals surface area (Å²) >= 11 is 0. The maximum absolute atomic E-state index is 12.5. The van der Waals surface area contributed by atoms with Crippen molar-refractivity contribution in [3.05, 3.63) is 48.2 Å². The Morgan fingerprint density at radius 3 is 3.00 bits per heavy atom. The number of hydrogen-bond acceptors (Lipinski definition) is 5. The third kappa shape index (κ3) is 3.16. The summed E-state index contributed by atoms with van der Waals surface area (Å²) in [5.74, 6) is 1.16. The zero-order valence-corrected chi connectivity index (χ0v) is 12.3. The van der Waals surface area contributed by atoms with Crippen LogP contribution in [0.25, 0.3) is 0 Å². The van der Waals surface area contributed by atoms with Crippen LogP contribution in [0.4, 0.5) is 0 Å². The number of carbonyl (C=O) groups excluding carboxylic acids is 1. The fourth-order valence-electron chi connectivity index (χ4n) is 2.47. The van der Waals surface area contributed by atoms with Crippen molar-refractivity contribution in [1.82, 2.24) is 15.1 Å². The van der Waals surface area contributed by atoms with Gasteiger partial charge in [-0.3, -0.25) is 4.79 Å². The number of likely N-dealkylation sites (tertiary alicyclic amines) is 1. The largest absolute Gasteiger partial charge is 0.497 e. The smallest absolute Gasteiger partial charge is 0.254 e. The van der Waals surface area contributed by atoms with Crippen molar-refractivity contribution >= 4 is 5.91 Å². The third-order valence-electron chi connectivity index (χ3n) is 3.58. The maximum atomic E-state index is 12.5. The minimum atomic E-state index is -0.0498. The SMILES string of the molecule is COc1cccc(C(=O)N2CCC(Oc3cccnn3)C2)c1. The van der Waals surface area contributed by atoms with Crippen molar-refractivity contribution in [3.63, 3.8) is 0 Å². The van der Waals surface area contributed by atoms with Gasteiger partial charge in [-0.25, -0.2) is 0 Å². The van der Waals surface area contributed by atoms with Crippen molar-refractivity contribution in [3.8, 4) is 11.6 Å². The zero-order valence-electron chi connectivity index (χ0n) is 12.3. The molecule has 0 saturated carbocycles. The predicted octanol–water partition coefficient (Wildman–Crippen LogP) is 1.78. The Kier molecular flexibility index (Phi) is 4.18. The number of methoxy groups -OCH3 is 1. The van der Waals surface area contributed by atoms with Crippen molar-refractivity contribution in [2.24, 2.45) is 0 Å². The van der Waals surface area contributed by atoms with E-state index in [1.54, 1.807) is 42.5 Å². The van der Waals surface area contributed by atoms with Gasteiger partial charge in [-0.05, 0) is 24.3 Å². The summed E-state index contributed by atoms with van der Waals surface area (Å²) in [7, 11) is 1.59. The molecule has 1 saturated heterocycles. The molecule has 0 aliphatic carbocycles. The average Bonchev–Trinajstić information content (AvgIpc) is 3.03. The second-order valence-corrected chi connectivity index (χ2v) is 5.07. The van der Waals surface area contributed by atoms with Gasteiger partial charge < -0.3 is 14.4 Å². The molecule has 22 heavy (non-hydrogen) atoms. The van der Waals surface area contributed by atoms with E-state index in [1.165, 1.54) is 0 Å². The lowest BCUT2D eigenvalue weighted by Gasteiger charge is -2.17. The minimum Gasteiger partial charge on any atom is -0.497 e. The fraction of sp³-hybridized carbons (Fsp3) is 0.312. The lowest BCUT2D eigenvalue weighted by molar-refractivity contribution is 0.0770. The van der Waals surface area contributed by atoms with E-state index in [9.17, 15) is 4.79 Å². The molecular formula is C16H17N3O3. The van der Waals surface area contributed by atoms with Crippen LogP contribution in [-0.4, -0.2) is 47.3 Å². The van der Waals surface area contributed by atoms with Crippen LogP contribution >= 0.6 is 0 Å². The molecule has 1 aliphatic rings. The Labute approximate surface area is 128 Å². The summed E-state index contributed by atoms with van der Waals surface area (Å²) in [5.41, 5.74) is 0.625. The van der Waals surface area contributed by atoms with Crippen molar-refractivity contribution in [2.75, 3.05) is 20.2 Å². The summed E-state index contributed by atoms with van der Waals surface area (Å²) in [4.78, 5) is 14.3.